The van der Waals surface area contributed by atoms with E-state index < -0.39 is 0 Å². The molecule has 0 fully saturated rings. The van der Waals surface area contributed by atoms with E-state index in [-0.39, 0.29) is 5.78 Å². The number of rotatable bonds is 2. The lowest BCUT2D eigenvalue weighted by molar-refractivity contribution is 0.101. The van der Waals surface area contributed by atoms with Crippen LogP contribution in [0.15, 0.2) is 30.7 Å². The van der Waals surface area contributed by atoms with Crippen LogP contribution in [0.3, 0.4) is 0 Å². The molecule has 0 saturated carbocycles. The average Bonchev–Trinajstić information content (AvgIpc) is 2.65. The molecule has 2 rings (SSSR count). The van der Waals surface area contributed by atoms with Gasteiger partial charge < -0.3 is 0 Å². The van der Waals surface area contributed by atoms with E-state index in [4.69, 9.17) is 0 Å². The predicted molar refractivity (Wildman–Crippen MR) is 64.1 cm³/mol. The third kappa shape index (κ3) is 2.23. The third-order valence-electron chi connectivity index (χ3n) is 1.94. The van der Waals surface area contributed by atoms with Crippen molar-refractivity contribution in [2.45, 2.75) is 6.92 Å². The molecule has 2 aromatic heterocycles. The normalized spacial score (nSPS) is 10.3. The molecule has 0 unspecified atom stereocenters. The van der Waals surface area contributed by atoms with Gasteiger partial charge >= 0.3 is 0 Å². The van der Waals surface area contributed by atoms with Crippen molar-refractivity contribution in [1.29, 1.82) is 0 Å². The molecule has 0 aliphatic rings. The van der Waals surface area contributed by atoms with Crippen LogP contribution in [-0.2, 0) is 0 Å². The molecule has 76 valence electrons. The highest BCUT2D eigenvalue weighted by molar-refractivity contribution is 14.1. The largest absolute Gasteiger partial charge is 0.295 e. The Morgan fingerprint density at radius 2 is 2.33 bits per heavy atom. The number of Topliss-reactive ketones (excluding diaryl/α,β-unsaturated/α-hetero) is 1. The molecule has 0 aliphatic carbocycles. The third-order valence-corrected chi connectivity index (χ3v) is 2.49. The lowest BCUT2D eigenvalue weighted by atomic mass is 10.2. The molecule has 2 aromatic rings. The van der Waals surface area contributed by atoms with Crippen LogP contribution in [0, 0.1) is 3.57 Å². The Morgan fingerprint density at radius 3 is 2.93 bits per heavy atom. The molecule has 0 spiro atoms. The SMILES string of the molecule is CC(=O)c1ccnc(-n2cc(I)cn2)c1. The maximum Gasteiger partial charge on any atom is 0.159 e. The molecule has 0 aromatic carbocycles. The monoisotopic (exact) mass is 313 g/mol. The Kier molecular flexibility index (Phi) is 2.81. The van der Waals surface area contributed by atoms with Gasteiger partial charge in [0.05, 0.1) is 9.77 Å². The van der Waals surface area contributed by atoms with Gasteiger partial charge in [-0.15, -0.1) is 0 Å². The summed E-state index contributed by atoms with van der Waals surface area (Å²) < 4.78 is 2.68. The smallest absolute Gasteiger partial charge is 0.159 e. The highest BCUT2D eigenvalue weighted by Gasteiger charge is 2.04. The number of carbonyl (C=O) groups excluding carboxylic acids is 1. The van der Waals surface area contributed by atoms with Gasteiger partial charge in [0.25, 0.3) is 0 Å². The summed E-state index contributed by atoms with van der Waals surface area (Å²) in [4.78, 5) is 15.3. The van der Waals surface area contributed by atoms with Crippen molar-refractivity contribution in [1.82, 2.24) is 14.8 Å². The van der Waals surface area contributed by atoms with E-state index in [1.165, 1.54) is 6.92 Å². The van der Waals surface area contributed by atoms with Gasteiger partial charge in [0.15, 0.2) is 11.6 Å². The minimum Gasteiger partial charge on any atom is -0.295 e. The Balaban J connectivity index is 2.45. The molecule has 5 heteroatoms. The highest BCUT2D eigenvalue weighted by Crippen LogP contribution is 2.09. The minimum atomic E-state index is 0.0282. The number of aromatic nitrogens is 3. The molecule has 0 amide bonds. The molecule has 0 saturated heterocycles. The van der Waals surface area contributed by atoms with Gasteiger partial charge in [-0.25, -0.2) is 9.67 Å². The van der Waals surface area contributed by atoms with Crippen LogP contribution in [-0.4, -0.2) is 20.5 Å². The van der Waals surface area contributed by atoms with Crippen LogP contribution < -0.4 is 0 Å². The number of pyridine rings is 1. The van der Waals surface area contributed by atoms with Crippen molar-refractivity contribution in [3.05, 3.63) is 39.9 Å². The van der Waals surface area contributed by atoms with E-state index >= 15 is 0 Å². The second-order valence-corrected chi connectivity index (χ2v) is 4.31. The van der Waals surface area contributed by atoms with Crippen molar-refractivity contribution in [2.75, 3.05) is 0 Å². The molecule has 0 radical (unpaired) electrons. The summed E-state index contributed by atoms with van der Waals surface area (Å²) in [5.74, 6) is 0.686. The first kappa shape index (κ1) is 10.3. The molecule has 0 atom stereocenters. The molecule has 4 nitrogen and oxygen atoms in total. The van der Waals surface area contributed by atoms with E-state index in [0.29, 0.717) is 11.4 Å². The zero-order valence-electron chi connectivity index (χ0n) is 8.01. The zero-order chi connectivity index (χ0) is 10.8. The first-order valence-corrected chi connectivity index (χ1v) is 5.42. The lowest BCUT2D eigenvalue weighted by Crippen LogP contribution is -2.00. The summed E-state index contributed by atoms with van der Waals surface area (Å²) in [6, 6.07) is 3.42. The van der Waals surface area contributed by atoms with E-state index in [0.717, 1.165) is 3.57 Å². The highest BCUT2D eigenvalue weighted by atomic mass is 127. The van der Waals surface area contributed by atoms with Gasteiger partial charge in [0.2, 0.25) is 0 Å². The summed E-state index contributed by atoms with van der Waals surface area (Å²) >= 11 is 2.17. The van der Waals surface area contributed by atoms with E-state index in [9.17, 15) is 4.79 Å². The van der Waals surface area contributed by atoms with Gasteiger partial charge in [-0.3, -0.25) is 4.79 Å². The second kappa shape index (κ2) is 4.09. The van der Waals surface area contributed by atoms with Crippen LogP contribution in [0.1, 0.15) is 17.3 Å². The van der Waals surface area contributed by atoms with Crippen molar-refractivity contribution < 1.29 is 4.79 Å². The van der Waals surface area contributed by atoms with Crippen LogP contribution >= 0.6 is 22.6 Å². The first-order chi connectivity index (χ1) is 7.16. The van der Waals surface area contributed by atoms with Crippen molar-refractivity contribution in [3.8, 4) is 5.82 Å². The van der Waals surface area contributed by atoms with Crippen LogP contribution in [0.4, 0.5) is 0 Å². The molecule has 2 heterocycles. The van der Waals surface area contributed by atoms with Gasteiger partial charge in [0.1, 0.15) is 0 Å². The maximum absolute atomic E-state index is 11.2. The van der Waals surface area contributed by atoms with Gasteiger partial charge in [-0.05, 0) is 41.6 Å². The maximum atomic E-state index is 11.2. The fraction of sp³-hybridized carbons (Fsp3) is 0.100. The van der Waals surface area contributed by atoms with E-state index in [2.05, 4.69) is 32.7 Å². The fourth-order valence-electron chi connectivity index (χ4n) is 1.19. The summed E-state index contributed by atoms with van der Waals surface area (Å²) in [7, 11) is 0. The van der Waals surface area contributed by atoms with Crippen LogP contribution in [0.25, 0.3) is 5.82 Å². The summed E-state index contributed by atoms with van der Waals surface area (Å²) in [5.41, 5.74) is 0.644. The number of halogens is 1. The van der Waals surface area contributed by atoms with Crippen LogP contribution in [0.5, 0.6) is 0 Å². The van der Waals surface area contributed by atoms with E-state index in [1.807, 2.05) is 6.20 Å². The molecule has 0 aliphatic heterocycles. The molecule has 0 bridgehead atoms. The Bertz CT molecular complexity index is 507. The second-order valence-electron chi connectivity index (χ2n) is 3.06. The van der Waals surface area contributed by atoms with Gasteiger partial charge in [-0.2, -0.15) is 5.10 Å². The quantitative estimate of drug-likeness (QED) is 0.630. The number of carbonyl (C=O) groups is 1. The average molecular weight is 313 g/mol. The number of hydrogen-bond acceptors (Lipinski definition) is 3. The number of ketones is 1. The van der Waals surface area contributed by atoms with Crippen LogP contribution in [0.2, 0.25) is 0 Å². The van der Waals surface area contributed by atoms with Crippen molar-refractivity contribution >= 4 is 28.4 Å². The first-order valence-electron chi connectivity index (χ1n) is 4.34. The Labute approximate surface area is 100 Å². The number of hydrogen-bond donors (Lipinski definition) is 0. The summed E-state index contributed by atoms with van der Waals surface area (Å²) in [6.45, 7) is 1.53. The molecular weight excluding hydrogens is 305 g/mol. The Hall–Kier alpha value is -1.24. The van der Waals surface area contributed by atoms with Gasteiger partial charge in [-0.1, -0.05) is 0 Å². The standard InChI is InChI=1S/C10H8IN3O/c1-7(15)8-2-3-12-10(4-8)14-6-9(11)5-13-14/h2-6H,1H3. The predicted octanol–water partition coefficient (Wildman–Crippen LogP) is 2.07. The van der Waals surface area contributed by atoms with Crippen molar-refractivity contribution in [3.63, 3.8) is 0 Å². The Morgan fingerprint density at radius 1 is 1.53 bits per heavy atom. The van der Waals surface area contributed by atoms with Crippen molar-refractivity contribution in [2.24, 2.45) is 0 Å². The summed E-state index contributed by atoms with van der Waals surface area (Å²) in [6.07, 6.45) is 5.20. The zero-order valence-corrected chi connectivity index (χ0v) is 10.2. The van der Waals surface area contributed by atoms with E-state index in [1.54, 1.807) is 29.2 Å². The summed E-state index contributed by atoms with van der Waals surface area (Å²) in [5, 5.41) is 4.12. The topological polar surface area (TPSA) is 47.8 Å². The number of nitrogens with zero attached hydrogens (tertiary/aromatic N) is 3. The fourth-order valence-corrected chi connectivity index (χ4v) is 1.58. The molecular formula is C10H8IN3O. The minimum absolute atomic E-state index is 0.0282. The molecule has 0 N–H and O–H groups in total. The molecule has 15 heavy (non-hydrogen) atoms. The lowest BCUT2D eigenvalue weighted by Gasteiger charge is -2.01. The van der Waals surface area contributed by atoms with Gasteiger partial charge in [0, 0.05) is 18.0 Å².